The lowest BCUT2D eigenvalue weighted by molar-refractivity contribution is -0.146. The summed E-state index contributed by atoms with van der Waals surface area (Å²) < 4.78 is 47.4. The fourth-order valence-corrected chi connectivity index (χ4v) is 5.57. The van der Waals surface area contributed by atoms with Crippen molar-refractivity contribution in [2.75, 3.05) is 6.54 Å². The normalized spacial score (nSPS) is 16.4. The standard InChI is InChI=1S/C25H24FNO4S/c1-18-10-12-21(13-11-18)32(29,30)27-15-14-19-6-2-4-8-22(19)24(27)16-25(28)31-17-20-7-3-5-9-23(20)26/h2-13,24H,14-17H2,1H3. The van der Waals surface area contributed by atoms with Gasteiger partial charge in [0.1, 0.15) is 12.4 Å². The topological polar surface area (TPSA) is 63.7 Å². The highest BCUT2D eigenvalue weighted by atomic mass is 32.2. The average molecular weight is 454 g/mol. The number of nitrogens with zero attached hydrogens (tertiary/aromatic N) is 1. The molecule has 0 radical (unpaired) electrons. The zero-order valence-electron chi connectivity index (χ0n) is 17.7. The summed E-state index contributed by atoms with van der Waals surface area (Å²) in [5, 5.41) is 0. The molecule has 0 saturated heterocycles. The maximum atomic E-state index is 13.9. The van der Waals surface area contributed by atoms with Crippen LogP contribution in [0.25, 0.3) is 0 Å². The van der Waals surface area contributed by atoms with E-state index >= 15 is 0 Å². The first kappa shape index (κ1) is 22.2. The van der Waals surface area contributed by atoms with Gasteiger partial charge in [-0.3, -0.25) is 4.79 Å². The molecule has 3 aromatic carbocycles. The van der Waals surface area contributed by atoms with Crippen molar-refractivity contribution in [1.82, 2.24) is 4.31 Å². The lowest BCUT2D eigenvalue weighted by atomic mass is 9.92. The van der Waals surface area contributed by atoms with E-state index in [1.54, 1.807) is 42.5 Å². The van der Waals surface area contributed by atoms with Gasteiger partial charge in [-0.15, -0.1) is 0 Å². The molecule has 0 aliphatic carbocycles. The number of carbonyl (C=O) groups is 1. The molecular formula is C25H24FNO4S. The average Bonchev–Trinajstić information content (AvgIpc) is 2.79. The summed E-state index contributed by atoms with van der Waals surface area (Å²) in [4.78, 5) is 12.9. The largest absolute Gasteiger partial charge is 0.461 e. The third-order valence-electron chi connectivity index (χ3n) is 5.70. The number of benzene rings is 3. The molecular weight excluding hydrogens is 429 g/mol. The number of hydrogen-bond acceptors (Lipinski definition) is 4. The Hall–Kier alpha value is -3.03. The predicted molar refractivity (Wildman–Crippen MR) is 119 cm³/mol. The van der Waals surface area contributed by atoms with E-state index in [0.29, 0.717) is 6.42 Å². The van der Waals surface area contributed by atoms with Crippen LogP contribution in [0.4, 0.5) is 4.39 Å². The van der Waals surface area contributed by atoms with Crippen molar-refractivity contribution >= 4 is 16.0 Å². The van der Waals surface area contributed by atoms with E-state index in [-0.39, 0.29) is 30.0 Å². The second-order valence-corrected chi connectivity index (χ2v) is 9.74. The molecule has 4 rings (SSSR count). The van der Waals surface area contributed by atoms with Crippen LogP contribution in [0.2, 0.25) is 0 Å². The van der Waals surface area contributed by atoms with E-state index in [2.05, 4.69) is 0 Å². The summed E-state index contributed by atoms with van der Waals surface area (Å²) in [5.41, 5.74) is 3.03. The molecule has 0 aromatic heterocycles. The Bertz CT molecular complexity index is 1220. The van der Waals surface area contributed by atoms with Gasteiger partial charge >= 0.3 is 5.97 Å². The molecule has 0 saturated carbocycles. The highest BCUT2D eigenvalue weighted by Crippen LogP contribution is 2.36. The van der Waals surface area contributed by atoms with Crippen LogP contribution in [0.15, 0.2) is 77.7 Å². The second kappa shape index (κ2) is 9.22. The van der Waals surface area contributed by atoms with Crippen LogP contribution in [-0.4, -0.2) is 25.2 Å². The van der Waals surface area contributed by atoms with Crippen molar-refractivity contribution in [3.8, 4) is 0 Å². The third kappa shape index (κ3) is 4.59. The highest BCUT2D eigenvalue weighted by molar-refractivity contribution is 7.89. The summed E-state index contributed by atoms with van der Waals surface area (Å²) in [6.45, 7) is 1.95. The third-order valence-corrected chi connectivity index (χ3v) is 7.62. The minimum Gasteiger partial charge on any atom is -0.461 e. The lowest BCUT2D eigenvalue weighted by Crippen LogP contribution is -2.41. The number of rotatable bonds is 6. The maximum absolute atomic E-state index is 13.9. The zero-order chi connectivity index (χ0) is 22.7. The summed E-state index contributed by atoms with van der Waals surface area (Å²) in [5.74, 6) is -1.04. The van der Waals surface area contributed by atoms with E-state index < -0.39 is 27.9 Å². The van der Waals surface area contributed by atoms with Crippen LogP contribution in [-0.2, 0) is 32.6 Å². The first-order chi connectivity index (χ1) is 15.4. The monoisotopic (exact) mass is 453 g/mol. The minimum atomic E-state index is -3.82. The molecule has 1 aliphatic rings. The molecule has 0 spiro atoms. The van der Waals surface area contributed by atoms with Gasteiger partial charge in [0.25, 0.3) is 0 Å². The minimum absolute atomic E-state index is 0.156. The van der Waals surface area contributed by atoms with Crippen molar-refractivity contribution in [3.05, 3.63) is 101 Å². The van der Waals surface area contributed by atoms with Gasteiger partial charge in [0.15, 0.2) is 0 Å². The lowest BCUT2D eigenvalue weighted by Gasteiger charge is -2.36. The maximum Gasteiger partial charge on any atom is 0.308 e. The van der Waals surface area contributed by atoms with Crippen LogP contribution in [0, 0.1) is 12.7 Å². The van der Waals surface area contributed by atoms with Gasteiger partial charge < -0.3 is 4.74 Å². The van der Waals surface area contributed by atoms with Crippen LogP contribution < -0.4 is 0 Å². The molecule has 1 heterocycles. The number of esters is 1. The number of carbonyl (C=O) groups excluding carboxylic acids is 1. The number of sulfonamides is 1. The van der Waals surface area contributed by atoms with E-state index in [1.165, 1.54) is 10.4 Å². The van der Waals surface area contributed by atoms with Crippen molar-refractivity contribution < 1.29 is 22.3 Å². The predicted octanol–water partition coefficient (Wildman–Crippen LogP) is 4.56. The second-order valence-electron chi connectivity index (χ2n) is 7.85. The SMILES string of the molecule is Cc1ccc(S(=O)(=O)N2CCc3ccccc3C2CC(=O)OCc2ccccc2F)cc1. The Morgan fingerprint density at radius 3 is 2.47 bits per heavy atom. The van der Waals surface area contributed by atoms with Crippen LogP contribution in [0.5, 0.6) is 0 Å². The molecule has 1 atom stereocenters. The van der Waals surface area contributed by atoms with Gasteiger partial charge in [0.2, 0.25) is 10.0 Å². The van der Waals surface area contributed by atoms with E-state index in [0.717, 1.165) is 16.7 Å². The Morgan fingerprint density at radius 1 is 1.03 bits per heavy atom. The van der Waals surface area contributed by atoms with Gasteiger partial charge in [0.05, 0.1) is 17.4 Å². The molecule has 3 aromatic rings. The molecule has 166 valence electrons. The van der Waals surface area contributed by atoms with E-state index in [1.807, 2.05) is 31.2 Å². The highest BCUT2D eigenvalue weighted by Gasteiger charge is 2.37. The van der Waals surface area contributed by atoms with Gasteiger partial charge in [-0.2, -0.15) is 4.31 Å². The molecule has 1 aliphatic heterocycles. The Labute approximate surface area is 187 Å². The molecule has 0 bridgehead atoms. The van der Waals surface area contributed by atoms with Crippen molar-refractivity contribution in [1.29, 1.82) is 0 Å². The quantitative estimate of drug-likeness (QED) is 0.514. The number of aryl methyl sites for hydroxylation is 1. The van der Waals surface area contributed by atoms with Gasteiger partial charge in [-0.1, -0.05) is 60.2 Å². The summed E-state index contributed by atoms with van der Waals surface area (Å²) in [6.07, 6.45) is 0.401. The van der Waals surface area contributed by atoms with Gasteiger partial charge in [-0.05, 0) is 42.7 Å². The first-order valence-electron chi connectivity index (χ1n) is 10.4. The van der Waals surface area contributed by atoms with Crippen molar-refractivity contribution in [2.45, 2.75) is 37.3 Å². The summed E-state index contributed by atoms with van der Waals surface area (Å²) in [6, 6.07) is 19.6. The van der Waals surface area contributed by atoms with E-state index in [9.17, 15) is 17.6 Å². The molecule has 1 unspecified atom stereocenters. The molecule has 32 heavy (non-hydrogen) atoms. The molecule has 0 N–H and O–H groups in total. The van der Waals surface area contributed by atoms with Gasteiger partial charge in [0, 0.05) is 12.1 Å². The number of hydrogen-bond donors (Lipinski definition) is 0. The zero-order valence-corrected chi connectivity index (χ0v) is 18.5. The van der Waals surface area contributed by atoms with E-state index in [4.69, 9.17) is 4.74 Å². The molecule has 7 heteroatoms. The molecule has 5 nitrogen and oxygen atoms in total. The smallest absolute Gasteiger partial charge is 0.308 e. The van der Waals surface area contributed by atoms with Crippen molar-refractivity contribution in [2.24, 2.45) is 0 Å². The van der Waals surface area contributed by atoms with Gasteiger partial charge in [-0.25, -0.2) is 12.8 Å². The Kier molecular flexibility index (Phi) is 6.39. The molecule has 0 amide bonds. The summed E-state index contributed by atoms with van der Waals surface area (Å²) in [7, 11) is -3.82. The first-order valence-corrected chi connectivity index (χ1v) is 11.9. The molecule has 0 fully saturated rings. The fraction of sp³-hybridized carbons (Fsp3) is 0.240. The van der Waals surface area contributed by atoms with Crippen molar-refractivity contribution in [3.63, 3.8) is 0 Å². The number of ether oxygens (including phenoxy) is 1. The van der Waals surface area contributed by atoms with Crippen LogP contribution >= 0.6 is 0 Å². The fourth-order valence-electron chi connectivity index (χ4n) is 3.96. The summed E-state index contributed by atoms with van der Waals surface area (Å²) >= 11 is 0. The Morgan fingerprint density at radius 2 is 1.72 bits per heavy atom. The van der Waals surface area contributed by atoms with Crippen LogP contribution in [0.1, 0.15) is 34.7 Å². The van der Waals surface area contributed by atoms with Crippen LogP contribution in [0.3, 0.4) is 0 Å². The number of halogens is 1. The number of fused-ring (bicyclic) bond motifs is 1. The Balaban J connectivity index is 1.60.